The lowest BCUT2D eigenvalue weighted by atomic mass is 10.2. The van der Waals surface area contributed by atoms with Crippen molar-refractivity contribution >= 4 is 33.2 Å². The van der Waals surface area contributed by atoms with Gasteiger partial charge in [0.15, 0.2) is 0 Å². The molecule has 0 aliphatic heterocycles. The van der Waals surface area contributed by atoms with Gasteiger partial charge in [-0.05, 0) is 55.3 Å². The number of anilines is 1. The van der Waals surface area contributed by atoms with E-state index in [2.05, 4.69) is 0 Å². The predicted octanol–water partition coefficient (Wildman–Crippen LogP) is 3.94. The standard InChI is InChI=1S/C21H25ClN2O4S/c1-23(17-7-3-4-8-17)21(25)15-24(18-9-5-6-16(22)14-18)29(26,27)20-12-10-19(28-2)11-13-20/h5-6,9-14,17H,3-4,7-8,15H2,1-2H3. The first kappa shape index (κ1) is 21.5. The lowest BCUT2D eigenvalue weighted by molar-refractivity contribution is -0.130. The molecule has 0 N–H and O–H groups in total. The Morgan fingerprint density at radius 3 is 2.38 bits per heavy atom. The van der Waals surface area contributed by atoms with Crippen LogP contribution in [0.25, 0.3) is 0 Å². The van der Waals surface area contributed by atoms with Crippen molar-refractivity contribution in [2.45, 2.75) is 36.6 Å². The average Bonchev–Trinajstić information content (AvgIpc) is 3.26. The van der Waals surface area contributed by atoms with Crippen LogP contribution in [-0.2, 0) is 14.8 Å². The van der Waals surface area contributed by atoms with E-state index in [9.17, 15) is 13.2 Å². The summed E-state index contributed by atoms with van der Waals surface area (Å²) >= 11 is 6.09. The van der Waals surface area contributed by atoms with Gasteiger partial charge in [-0.15, -0.1) is 0 Å². The van der Waals surface area contributed by atoms with E-state index in [0.717, 1.165) is 30.0 Å². The van der Waals surface area contributed by atoms with Crippen LogP contribution in [0.3, 0.4) is 0 Å². The summed E-state index contributed by atoms with van der Waals surface area (Å²) in [6.07, 6.45) is 4.07. The summed E-state index contributed by atoms with van der Waals surface area (Å²) < 4.78 is 33.0. The fraction of sp³-hybridized carbons (Fsp3) is 0.381. The first-order valence-corrected chi connectivity index (χ1v) is 11.3. The van der Waals surface area contributed by atoms with Gasteiger partial charge in [-0.3, -0.25) is 9.10 Å². The quantitative estimate of drug-likeness (QED) is 0.659. The second-order valence-electron chi connectivity index (χ2n) is 7.11. The number of hydrogen-bond donors (Lipinski definition) is 0. The number of ether oxygens (including phenoxy) is 1. The number of hydrogen-bond acceptors (Lipinski definition) is 4. The van der Waals surface area contributed by atoms with E-state index in [1.54, 1.807) is 48.3 Å². The molecule has 156 valence electrons. The normalized spacial score (nSPS) is 14.6. The van der Waals surface area contributed by atoms with Crippen LogP contribution >= 0.6 is 11.6 Å². The third-order valence-corrected chi connectivity index (χ3v) is 7.31. The van der Waals surface area contributed by atoms with Gasteiger partial charge in [0.2, 0.25) is 5.91 Å². The Morgan fingerprint density at radius 1 is 1.14 bits per heavy atom. The Bertz CT molecular complexity index is 957. The Morgan fingerprint density at radius 2 is 1.79 bits per heavy atom. The molecule has 1 aliphatic carbocycles. The molecule has 6 nitrogen and oxygen atoms in total. The molecule has 1 saturated carbocycles. The molecule has 0 radical (unpaired) electrons. The molecular formula is C21H25ClN2O4S. The van der Waals surface area contributed by atoms with Crippen LogP contribution in [0.2, 0.25) is 5.02 Å². The van der Waals surface area contributed by atoms with Crippen molar-refractivity contribution in [1.29, 1.82) is 0 Å². The van der Waals surface area contributed by atoms with Crippen LogP contribution in [0.15, 0.2) is 53.4 Å². The van der Waals surface area contributed by atoms with Crippen molar-refractivity contribution in [1.82, 2.24) is 4.90 Å². The molecule has 2 aromatic rings. The van der Waals surface area contributed by atoms with Crippen molar-refractivity contribution in [3.63, 3.8) is 0 Å². The fourth-order valence-electron chi connectivity index (χ4n) is 3.55. The van der Waals surface area contributed by atoms with Gasteiger partial charge in [-0.2, -0.15) is 0 Å². The van der Waals surface area contributed by atoms with Gasteiger partial charge in [-0.1, -0.05) is 30.5 Å². The topological polar surface area (TPSA) is 66.9 Å². The zero-order valence-electron chi connectivity index (χ0n) is 16.5. The first-order chi connectivity index (χ1) is 13.8. The maximum Gasteiger partial charge on any atom is 0.264 e. The zero-order chi connectivity index (χ0) is 21.0. The molecule has 0 unspecified atom stereocenters. The summed E-state index contributed by atoms with van der Waals surface area (Å²) in [4.78, 5) is 14.7. The van der Waals surface area contributed by atoms with Gasteiger partial charge in [0, 0.05) is 18.1 Å². The summed E-state index contributed by atoms with van der Waals surface area (Å²) in [5.41, 5.74) is 0.349. The van der Waals surface area contributed by atoms with Gasteiger partial charge in [0.25, 0.3) is 10.0 Å². The van der Waals surface area contributed by atoms with Crippen molar-refractivity contribution in [3.8, 4) is 5.75 Å². The first-order valence-electron chi connectivity index (χ1n) is 9.51. The van der Waals surface area contributed by atoms with Gasteiger partial charge in [-0.25, -0.2) is 8.42 Å². The third kappa shape index (κ3) is 4.85. The van der Waals surface area contributed by atoms with Gasteiger partial charge >= 0.3 is 0 Å². The van der Waals surface area contributed by atoms with Gasteiger partial charge < -0.3 is 9.64 Å². The Labute approximate surface area is 177 Å². The van der Waals surface area contributed by atoms with Crippen molar-refractivity contribution in [3.05, 3.63) is 53.6 Å². The van der Waals surface area contributed by atoms with E-state index in [-0.39, 0.29) is 23.4 Å². The molecule has 8 heteroatoms. The number of likely N-dealkylation sites (N-methyl/N-ethyl adjacent to an activating group) is 1. The minimum Gasteiger partial charge on any atom is -0.497 e. The number of methoxy groups -OCH3 is 1. The highest BCUT2D eigenvalue weighted by atomic mass is 35.5. The van der Waals surface area contributed by atoms with E-state index in [0.29, 0.717) is 16.5 Å². The molecule has 2 aromatic carbocycles. The van der Waals surface area contributed by atoms with Crippen molar-refractivity contribution in [2.24, 2.45) is 0 Å². The van der Waals surface area contributed by atoms with Crippen molar-refractivity contribution in [2.75, 3.05) is 25.0 Å². The second-order valence-corrected chi connectivity index (χ2v) is 9.41. The third-order valence-electron chi connectivity index (χ3n) is 5.29. The van der Waals surface area contributed by atoms with E-state index < -0.39 is 10.0 Å². The molecule has 29 heavy (non-hydrogen) atoms. The van der Waals surface area contributed by atoms with E-state index in [4.69, 9.17) is 16.3 Å². The number of carbonyl (C=O) groups excluding carboxylic acids is 1. The van der Waals surface area contributed by atoms with Crippen LogP contribution in [0.1, 0.15) is 25.7 Å². The minimum absolute atomic E-state index is 0.0783. The molecule has 0 heterocycles. The fourth-order valence-corrected chi connectivity index (χ4v) is 5.14. The molecule has 0 atom stereocenters. The molecule has 0 spiro atoms. The maximum atomic E-state index is 13.4. The number of carbonyl (C=O) groups is 1. The van der Waals surface area contributed by atoms with E-state index >= 15 is 0 Å². The smallest absolute Gasteiger partial charge is 0.264 e. The monoisotopic (exact) mass is 436 g/mol. The van der Waals surface area contributed by atoms with E-state index in [1.807, 2.05) is 0 Å². The van der Waals surface area contributed by atoms with Gasteiger partial charge in [0.1, 0.15) is 12.3 Å². The highest BCUT2D eigenvalue weighted by Gasteiger charge is 2.31. The van der Waals surface area contributed by atoms with Crippen LogP contribution in [0.5, 0.6) is 5.75 Å². The Hall–Kier alpha value is -2.25. The van der Waals surface area contributed by atoms with Gasteiger partial charge in [0.05, 0.1) is 17.7 Å². The molecule has 3 rings (SSSR count). The largest absolute Gasteiger partial charge is 0.497 e. The Kier molecular flexibility index (Phi) is 6.70. The summed E-state index contributed by atoms with van der Waals surface area (Å²) in [6.45, 7) is -0.290. The summed E-state index contributed by atoms with van der Waals surface area (Å²) in [5.74, 6) is 0.310. The molecule has 1 fully saturated rings. The molecule has 0 aromatic heterocycles. The second kappa shape index (κ2) is 9.05. The highest BCUT2D eigenvalue weighted by Crippen LogP contribution is 2.28. The van der Waals surface area contributed by atoms with Crippen LogP contribution in [-0.4, -0.2) is 46.0 Å². The average molecular weight is 437 g/mol. The number of rotatable bonds is 7. The number of amides is 1. The van der Waals surface area contributed by atoms with Crippen molar-refractivity contribution < 1.29 is 17.9 Å². The van der Waals surface area contributed by atoms with Crippen LogP contribution in [0.4, 0.5) is 5.69 Å². The predicted molar refractivity (Wildman–Crippen MR) is 114 cm³/mol. The maximum absolute atomic E-state index is 13.4. The summed E-state index contributed by atoms with van der Waals surface area (Å²) in [5, 5.41) is 0.397. The van der Waals surface area contributed by atoms with Crippen LogP contribution in [0, 0.1) is 0 Å². The number of sulfonamides is 1. The summed E-state index contributed by atoms with van der Waals surface area (Å²) in [7, 11) is -0.719. The molecular weight excluding hydrogens is 412 g/mol. The minimum atomic E-state index is -3.98. The molecule has 0 bridgehead atoms. The molecule has 1 amide bonds. The number of halogens is 1. The SMILES string of the molecule is COc1ccc(S(=O)(=O)N(CC(=O)N(C)C2CCCC2)c2cccc(Cl)c2)cc1. The number of nitrogens with zero attached hydrogens (tertiary/aromatic N) is 2. The highest BCUT2D eigenvalue weighted by molar-refractivity contribution is 7.92. The Balaban J connectivity index is 1.94. The lowest BCUT2D eigenvalue weighted by Crippen LogP contribution is -2.44. The zero-order valence-corrected chi connectivity index (χ0v) is 18.1. The lowest BCUT2D eigenvalue weighted by Gasteiger charge is -2.29. The summed E-state index contributed by atoms with van der Waals surface area (Å²) in [6, 6.07) is 12.8. The van der Waals surface area contributed by atoms with Crippen LogP contribution < -0.4 is 9.04 Å². The molecule has 1 aliphatic rings. The number of benzene rings is 2. The molecule has 0 saturated heterocycles. The van der Waals surface area contributed by atoms with E-state index in [1.165, 1.54) is 19.2 Å².